The van der Waals surface area contributed by atoms with Crippen LogP contribution in [0.2, 0.25) is 0 Å². The normalized spacial score (nSPS) is 10.1. The van der Waals surface area contributed by atoms with Crippen molar-refractivity contribution in [2.24, 2.45) is 0 Å². The minimum Gasteiger partial charge on any atom is -0.324 e. The SMILES string of the molecule is N#CCc1[nH]c(=O)cc([N+](=O)[O-])c1C(F)F. The highest BCUT2D eigenvalue weighted by atomic mass is 19.3. The van der Waals surface area contributed by atoms with Crippen LogP contribution in [0.3, 0.4) is 0 Å². The second-order valence-corrected chi connectivity index (χ2v) is 2.80. The lowest BCUT2D eigenvalue weighted by Gasteiger charge is -2.05. The van der Waals surface area contributed by atoms with Gasteiger partial charge in [-0.05, 0) is 0 Å². The Balaban J connectivity index is 3.55. The predicted octanol–water partition coefficient (Wildman–Crippen LogP) is 1.29. The summed E-state index contributed by atoms with van der Waals surface area (Å²) in [7, 11) is 0. The van der Waals surface area contributed by atoms with E-state index in [4.69, 9.17) is 5.26 Å². The number of H-pyrrole nitrogens is 1. The topological polar surface area (TPSA) is 99.8 Å². The van der Waals surface area contributed by atoms with E-state index in [0.29, 0.717) is 6.07 Å². The predicted molar refractivity (Wildman–Crippen MR) is 48.0 cm³/mol. The minimum atomic E-state index is -3.12. The molecule has 6 nitrogen and oxygen atoms in total. The number of hydrogen-bond donors (Lipinski definition) is 1. The fourth-order valence-corrected chi connectivity index (χ4v) is 1.22. The molecule has 0 saturated heterocycles. The fourth-order valence-electron chi connectivity index (χ4n) is 1.22. The van der Waals surface area contributed by atoms with E-state index in [1.54, 1.807) is 6.07 Å². The highest BCUT2D eigenvalue weighted by Gasteiger charge is 2.26. The van der Waals surface area contributed by atoms with Crippen LogP contribution >= 0.6 is 0 Å². The number of pyridine rings is 1. The quantitative estimate of drug-likeness (QED) is 0.623. The summed E-state index contributed by atoms with van der Waals surface area (Å²) in [6.07, 6.45) is -3.64. The number of rotatable bonds is 3. The molecule has 1 aromatic rings. The Morgan fingerprint density at radius 1 is 1.62 bits per heavy atom. The first-order valence-corrected chi connectivity index (χ1v) is 4.03. The van der Waals surface area contributed by atoms with Crippen LogP contribution in [0.4, 0.5) is 14.5 Å². The van der Waals surface area contributed by atoms with Crippen molar-refractivity contribution in [1.82, 2.24) is 4.98 Å². The van der Waals surface area contributed by atoms with Gasteiger partial charge in [0.1, 0.15) is 5.56 Å². The summed E-state index contributed by atoms with van der Waals surface area (Å²) >= 11 is 0. The molecule has 0 atom stereocenters. The van der Waals surface area contributed by atoms with Crippen LogP contribution < -0.4 is 5.56 Å². The van der Waals surface area contributed by atoms with Crippen LogP contribution in [0.25, 0.3) is 0 Å². The van der Waals surface area contributed by atoms with Crippen molar-refractivity contribution < 1.29 is 13.7 Å². The maximum Gasteiger partial charge on any atom is 0.285 e. The molecule has 1 aromatic heterocycles. The van der Waals surface area contributed by atoms with Gasteiger partial charge in [-0.15, -0.1) is 0 Å². The standard InChI is InChI=1S/C8H5F2N3O3/c9-8(10)7-4(1-2-11)12-6(14)3-5(7)13(15)16/h3,8H,1H2,(H,12,14). The minimum absolute atomic E-state index is 0.420. The van der Waals surface area contributed by atoms with Crippen molar-refractivity contribution in [3.63, 3.8) is 0 Å². The van der Waals surface area contributed by atoms with Crippen LogP contribution in [-0.2, 0) is 6.42 Å². The van der Waals surface area contributed by atoms with Crippen LogP contribution in [0.1, 0.15) is 17.7 Å². The summed E-state index contributed by atoms with van der Waals surface area (Å²) in [6.45, 7) is 0. The van der Waals surface area contributed by atoms with E-state index in [0.717, 1.165) is 0 Å². The van der Waals surface area contributed by atoms with E-state index in [2.05, 4.69) is 0 Å². The first kappa shape index (κ1) is 11.8. The molecule has 0 aliphatic rings. The number of nitro groups is 1. The molecule has 0 aliphatic carbocycles. The first-order valence-electron chi connectivity index (χ1n) is 4.03. The number of hydrogen-bond acceptors (Lipinski definition) is 4. The van der Waals surface area contributed by atoms with E-state index in [-0.39, 0.29) is 0 Å². The van der Waals surface area contributed by atoms with Gasteiger partial charge in [0.05, 0.1) is 23.5 Å². The molecule has 0 aromatic carbocycles. The van der Waals surface area contributed by atoms with E-state index in [1.165, 1.54) is 0 Å². The summed E-state index contributed by atoms with van der Waals surface area (Å²) in [5.41, 5.74) is -3.19. The Bertz CT molecular complexity index is 518. The van der Waals surface area contributed by atoms with Crippen molar-refractivity contribution in [3.05, 3.63) is 37.8 Å². The van der Waals surface area contributed by atoms with Gasteiger partial charge in [-0.1, -0.05) is 0 Å². The molecule has 0 amide bonds. The van der Waals surface area contributed by atoms with Crippen molar-refractivity contribution in [2.75, 3.05) is 0 Å². The van der Waals surface area contributed by atoms with Crippen LogP contribution in [-0.4, -0.2) is 9.91 Å². The van der Waals surface area contributed by atoms with Gasteiger partial charge >= 0.3 is 0 Å². The number of nitrogens with zero attached hydrogens (tertiary/aromatic N) is 2. The number of halogens is 2. The Hall–Kier alpha value is -2.30. The molecule has 0 aliphatic heterocycles. The maximum absolute atomic E-state index is 12.6. The lowest BCUT2D eigenvalue weighted by Crippen LogP contribution is -2.13. The average Bonchev–Trinajstić information content (AvgIpc) is 2.16. The Kier molecular flexibility index (Phi) is 3.30. The molecule has 0 unspecified atom stereocenters. The number of nitriles is 1. The number of nitrogens with one attached hydrogen (secondary N) is 1. The third-order valence-corrected chi connectivity index (χ3v) is 1.81. The molecule has 8 heteroatoms. The number of alkyl halides is 2. The van der Waals surface area contributed by atoms with Gasteiger partial charge in [0.2, 0.25) is 0 Å². The summed E-state index contributed by atoms with van der Waals surface area (Å²) in [5, 5.41) is 18.8. The van der Waals surface area contributed by atoms with Crippen LogP contribution in [0, 0.1) is 21.4 Å². The molecule has 1 rings (SSSR count). The van der Waals surface area contributed by atoms with Crippen LogP contribution in [0.15, 0.2) is 10.9 Å². The molecule has 84 valence electrons. The van der Waals surface area contributed by atoms with Gasteiger partial charge in [0.25, 0.3) is 17.7 Å². The first-order chi connectivity index (χ1) is 7.47. The summed E-state index contributed by atoms with van der Waals surface area (Å²) < 4.78 is 25.1. The zero-order valence-corrected chi connectivity index (χ0v) is 7.74. The highest BCUT2D eigenvalue weighted by molar-refractivity contribution is 5.43. The smallest absolute Gasteiger partial charge is 0.285 e. The van der Waals surface area contributed by atoms with Crippen molar-refractivity contribution >= 4 is 5.69 Å². The zero-order chi connectivity index (χ0) is 12.3. The highest BCUT2D eigenvalue weighted by Crippen LogP contribution is 2.29. The average molecular weight is 229 g/mol. The van der Waals surface area contributed by atoms with Gasteiger partial charge in [-0.25, -0.2) is 8.78 Å². The Morgan fingerprint density at radius 3 is 2.69 bits per heavy atom. The van der Waals surface area contributed by atoms with Gasteiger partial charge in [-0.3, -0.25) is 14.9 Å². The molecule has 1 heterocycles. The largest absolute Gasteiger partial charge is 0.324 e. The lowest BCUT2D eigenvalue weighted by molar-refractivity contribution is -0.386. The Morgan fingerprint density at radius 2 is 2.25 bits per heavy atom. The maximum atomic E-state index is 12.6. The lowest BCUT2D eigenvalue weighted by atomic mass is 10.1. The Labute approximate surface area is 87.3 Å². The monoisotopic (exact) mass is 229 g/mol. The molecule has 0 saturated carbocycles. The molecular weight excluding hydrogens is 224 g/mol. The van der Waals surface area contributed by atoms with Crippen molar-refractivity contribution in [2.45, 2.75) is 12.8 Å². The molecule has 1 N–H and O–H groups in total. The third kappa shape index (κ3) is 2.20. The second-order valence-electron chi connectivity index (χ2n) is 2.80. The van der Waals surface area contributed by atoms with E-state index in [1.807, 2.05) is 4.98 Å². The van der Waals surface area contributed by atoms with E-state index < -0.39 is 40.3 Å². The molecule has 0 spiro atoms. The summed E-state index contributed by atoms with van der Waals surface area (Å²) in [5.74, 6) is 0. The molecular formula is C8H5F2N3O3. The van der Waals surface area contributed by atoms with Gasteiger partial charge < -0.3 is 4.98 Å². The van der Waals surface area contributed by atoms with Gasteiger partial charge in [0.15, 0.2) is 0 Å². The second kappa shape index (κ2) is 4.48. The summed E-state index contributed by atoms with van der Waals surface area (Å²) in [4.78, 5) is 22.3. The van der Waals surface area contributed by atoms with Crippen molar-refractivity contribution in [3.8, 4) is 6.07 Å². The van der Waals surface area contributed by atoms with E-state index >= 15 is 0 Å². The van der Waals surface area contributed by atoms with Crippen molar-refractivity contribution in [1.29, 1.82) is 5.26 Å². The molecule has 0 fully saturated rings. The molecule has 16 heavy (non-hydrogen) atoms. The third-order valence-electron chi connectivity index (χ3n) is 1.81. The van der Waals surface area contributed by atoms with Crippen LogP contribution in [0.5, 0.6) is 0 Å². The number of aromatic amines is 1. The fraction of sp³-hybridized carbons (Fsp3) is 0.250. The molecule has 0 radical (unpaired) electrons. The summed E-state index contributed by atoms with van der Waals surface area (Å²) in [6, 6.07) is 2.02. The van der Waals surface area contributed by atoms with Gasteiger partial charge in [0, 0.05) is 5.69 Å². The number of aromatic nitrogens is 1. The zero-order valence-electron chi connectivity index (χ0n) is 7.74. The van der Waals surface area contributed by atoms with Gasteiger partial charge in [-0.2, -0.15) is 5.26 Å². The molecule has 0 bridgehead atoms. The van der Waals surface area contributed by atoms with E-state index in [9.17, 15) is 23.7 Å².